The molecular formula is C22H19ClN4O. The Kier molecular flexibility index (Phi) is 4.84. The number of rotatable bonds is 4. The number of fused-ring (bicyclic) bond motifs is 1. The van der Waals surface area contributed by atoms with Crippen LogP contribution in [0.5, 0.6) is 5.75 Å². The van der Waals surface area contributed by atoms with Crippen molar-refractivity contribution in [3.8, 4) is 16.9 Å². The van der Waals surface area contributed by atoms with Crippen LogP contribution in [-0.4, -0.2) is 22.3 Å². The number of benzene rings is 3. The summed E-state index contributed by atoms with van der Waals surface area (Å²) in [5.41, 5.74) is 6.55. The SMILES string of the molecule is COc1ccc(Nc2nnc3cc(-c4c(C)cccc4Cl)cc(C)c3n2)cc1. The molecule has 1 N–H and O–H groups in total. The zero-order chi connectivity index (χ0) is 19.7. The van der Waals surface area contributed by atoms with Crippen molar-refractivity contribution in [1.29, 1.82) is 0 Å². The zero-order valence-corrected chi connectivity index (χ0v) is 16.6. The van der Waals surface area contributed by atoms with E-state index in [1.54, 1.807) is 7.11 Å². The van der Waals surface area contributed by atoms with Crippen molar-refractivity contribution in [3.05, 3.63) is 70.7 Å². The van der Waals surface area contributed by atoms with Crippen molar-refractivity contribution >= 4 is 34.3 Å². The van der Waals surface area contributed by atoms with Gasteiger partial charge in [0.25, 0.3) is 0 Å². The number of methoxy groups -OCH3 is 1. The van der Waals surface area contributed by atoms with Gasteiger partial charge in [0.2, 0.25) is 5.95 Å². The normalized spacial score (nSPS) is 10.9. The van der Waals surface area contributed by atoms with E-state index in [0.29, 0.717) is 5.95 Å². The molecule has 5 nitrogen and oxygen atoms in total. The number of aryl methyl sites for hydroxylation is 2. The van der Waals surface area contributed by atoms with Gasteiger partial charge < -0.3 is 10.1 Å². The maximum atomic E-state index is 6.43. The van der Waals surface area contributed by atoms with E-state index in [9.17, 15) is 0 Å². The first-order chi connectivity index (χ1) is 13.5. The molecule has 4 aromatic rings. The second-order valence-electron chi connectivity index (χ2n) is 6.58. The Balaban J connectivity index is 1.71. The van der Waals surface area contributed by atoms with Gasteiger partial charge in [-0.25, -0.2) is 4.98 Å². The van der Waals surface area contributed by atoms with Crippen molar-refractivity contribution in [1.82, 2.24) is 15.2 Å². The summed E-state index contributed by atoms with van der Waals surface area (Å²) in [6, 6.07) is 17.5. The summed E-state index contributed by atoms with van der Waals surface area (Å²) >= 11 is 6.43. The van der Waals surface area contributed by atoms with Crippen LogP contribution in [0.2, 0.25) is 5.02 Å². The quantitative estimate of drug-likeness (QED) is 0.483. The van der Waals surface area contributed by atoms with E-state index in [0.717, 1.165) is 49.7 Å². The van der Waals surface area contributed by atoms with Gasteiger partial charge in [0, 0.05) is 16.3 Å². The highest BCUT2D eigenvalue weighted by Gasteiger charge is 2.12. The molecule has 1 aromatic heterocycles. The van der Waals surface area contributed by atoms with Crippen LogP contribution in [0.1, 0.15) is 11.1 Å². The lowest BCUT2D eigenvalue weighted by Crippen LogP contribution is -2.01. The lowest BCUT2D eigenvalue weighted by atomic mass is 9.98. The molecule has 3 aromatic carbocycles. The fourth-order valence-corrected chi connectivity index (χ4v) is 3.54. The van der Waals surface area contributed by atoms with E-state index in [1.807, 2.05) is 62.4 Å². The zero-order valence-electron chi connectivity index (χ0n) is 15.8. The molecular weight excluding hydrogens is 372 g/mol. The molecule has 0 atom stereocenters. The van der Waals surface area contributed by atoms with Gasteiger partial charge in [-0.15, -0.1) is 10.2 Å². The molecule has 0 amide bonds. The minimum atomic E-state index is 0.447. The van der Waals surface area contributed by atoms with Gasteiger partial charge in [-0.05, 0) is 73.0 Å². The first kappa shape index (κ1) is 18.2. The highest BCUT2D eigenvalue weighted by Crippen LogP contribution is 2.33. The van der Waals surface area contributed by atoms with Crippen LogP contribution in [0.15, 0.2) is 54.6 Å². The van der Waals surface area contributed by atoms with Crippen LogP contribution in [0.25, 0.3) is 22.2 Å². The molecule has 0 bridgehead atoms. The van der Waals surface area contributed by atoms with E-state index in [2.05, 4.69) is 26.6 Å². The Labute approximate surface area is 168 Å². The molecule has 0 fully saturated rings. The fraction of sp³-hybridized carbons (Fsp3) is 0.136. The van der Waals surface area contributed by atoms with Gasteiger partial charge in [-0.1, -0.05) is 23.7 Å². The summed E-state index contributed by atoms with van der Waals surface area (Å²) in [7, 11) is 1.64. The molecule has 0 unspecified atom stereocenters. The Morgan fingerprint density at radius 3 is 2.43 bits per heavy atom. The topological polar surface area (TPSA) is 59.9 Å². The summed E-state index contributed by atoms with van der Waals surface area (Å²) < 4.78 is 5.18. The minimum absolute atomic E-state index is 0.447. The third-order valence-corrected chi connectivity index (χ3v) is 4.92. The maximum Gasteiger partial charge on any atom is 0.247 e. The molecule has 0 aliphatic carbocycles. The number of ether oxygens (including phenoxy) is 1. The number of nitrogens with zero attached hydrogens (tertiary/aromatic N) is 3. The van der Waals surface area contributed by atoms with E-state index in [1.165, 1.54) is 0 Å². The molecule has 0 aliphatic heterocycles. The third-order valence-electron chi connectivity index (χ3n) is 4.61. The Bertz CT molecular complexity index is 1140. The van der Waals surface area contributed by atoms with Crippen molar-refractivity contribution in [2.24, 2.45) is 0 Å². The van der Waals surface area contributed by atoms with Crippen LogP contribution in [-0.2, 0) is 0 Å². The number of nitrogens with one attached hydrogen (secondary N) is 1. The monoisotopic (exact) mass is 390 g/mol. The van der Waals surface area contributed by atoms with Crippen LogP contribution in [0, 0.1) is 13.8 Å². The summed E-state index contributed by atoms with van der Waals surface area (Å²) in [4.78, 5) is 4.64. The van der Waals surface area contributed by atoms with Gasteiger partial charge in [0.05, 0.1) is 12.6 Å². The second-order valence-corrected chi connectivity index (χ2v) is 6.99. The van der Waals surface area contributed by atoms with E-state index < -0.39 is 0 Å². The molecule has 0 radical (unpaired) electrons. The first-order valence-electron chi connectivity index (χ1n) is 8.87. The standard InChI is InChI=1S/C22H19ClN4O/c1-13-5-4-6-18(23)20(13)15-11-14(2)21-19(12-15)26-27-22(25-21)24-16-7-9-17(28-3)10-8-16/h4-12H,1-3H3,(H,24,25,27). The molecule has 6 heteroatoms. The van der Waals surface area contributed by atoms with Gasteiger partial charge in [-0.3, -0.25) is 0 Å². The first-order valence-corrected chi connectivity index (χ1v) is 9.24. The highest BCUT2D eigenvalue weighted by atomic mass is 35.5. The molecule has 1 heterocycles. The van der Waals surface area contributed by atoms with Gasteiger partial charge in [0.15, 0.2) is 0 Å². The molecule has 0 saturated carbocycles. The Morgan fingerprint density at radius 2 is 1.71 bits per heavy atom. The van der Waals surface area contributed by atoms with E-state index in [4.69, 9.17) is 16.3 Å². The largest absolute Gasteiger partial charge is 0.497 e. The van der Waals surface area contributed by atoms with Crippen molar-refractivity contribution in [3.63, 3.8) is 0 Å². The molecule has 140 valence electrons. The molecule has 4 rings (SSSR count). The van der Waals surface area contributed by atoms with Gasteiger partial charge in [0.1, 0.15) is 11.3 Å². The van der Waals surface area contributed by atoms with Gasteiger partial charge >= 0.3 is 0 Å². The van der Waals surface area contributed by atoms with Crippen molar-refractivity contribution in [2.75, 3.05) is 12.4 Å². The molecule has 0 saturated heterocycles. The third kappa shape index (κ3) is 3.49. The summed E-state index contributed by atoms with van der Waals surface area (Å²) in [6.07, 6.45) is 0. The smallest absolute Gasteiger partial charge is 0.247 e. The second kappa shape index (κ2) is 7.44. The summed E-state index contributed by atoms with van der Waals surface area (Å²) in [5.74, 6) is 1.24. The Morgan fingerprint density at radius 1 is 0.929 bits per heavy atom. The Hall–Kier alpha value is -3.18. The van der Waals surface area contributed by atoms with Crippen molar-refractivity contribution in [2.45, 2.75) is 13.8 Å². The lowest BCUT2D eigenvalue weighted by Gasteiger charge is -2.11. The number of aromatic nitrogens is 3. The van der Waals surface area contributed by atoms with Crippen LogP contribution in [0.4, 0.5) is 11.6 Å². The van der Waals surface area contributed by atoms with Crippen LogP contribution >= 0.6 is 11.6 Å². The minimum Gasteiger partial charge on any atom is -0.497 e. The summed E-state index contributed by atoms with van der Waals surface area (Å²) in [5, 5.41) is 12.5. The summed E-state index contributed by atoms with van der Waals surface area (Å²) in [6.45, 7) is 4.07. The number of anilines is 2. The number of hydrogen-bond donors (Lipinski definition) is 1. The number of halogens is 1. The maximum absolute atomic E-state index is 6.43. The number of hydrogen-bond acceptors (Lipinski definition) is 5. The van der Waals surface area contributed by atoms with Crippen molar-refractivity contribution < 1.29 is 4.74 Å². The average Bonchev–Trinajstić information content (AvgIpc) is 2.69. The van der Waals surface area contributed by atoms with Crippen LogP contribution in [0.3, 0.4) is 0 Å². The molecule has 0 spiro atoms. The van der Waals surface area contributed by atoms with Crippen LogP contribution < -0.4 is 10.1 Å². The van der Waals surface area contributed by atoms with E-state index in [-0.39, 0.29) is 0 Å². The fourth-order valence-electron chi connectivity index (χ4n) is 3.21. The lowest BCUT2D eigenvalue weighted by molar-refractivity contribution is 0.415. The van der Waals surface area contributed by atoms with Gasteiger partial charge in [-0.2, -0.15) is 0 Å². The van der Waals surface area contributed by atoms with E-state index >= 15 is 0 Å². The molecule has 0 aliphatic rings. The predicted octanol–water partition coefficient (Wildman–Crippen LogP) is 5.71. The molecule has 28 heavy (non-hydrogen) atoms. The highest BCUT2D eigenvalue weighted by molar-refractivity contribution is 6.33. The predicted molar refractivity (Wildman–Crippen MR) is 114 cm³/mol. The average molecular weight is 391 g/mol.